The standard InChI is InChI=1S/C21H30F3N4O4P/c1-20(2,3)32-19(30)28-10-11-31-14(12-28)18(29)25-21(4,5)17-13-8-7-9-15(33(22,23)24)16(13)27(6)26-17/h7-9,14,33H,10-12H2,1-6H3,(H,25,29)/t14-/m0/s1. The fourth-order valence-electron chi connectivity index (χ4n) is 3.78. The predicted molar refractivity (Wildman–Crippen MR) is 121 cm³/mol. The number of morpholine rings is 1. The first-order valence-electron chi connectivity index (χ1n) is 10.5. The van der Waals surface area contributed by atoms with E-state index in [2.05, 4.69) is 10.4 Å². The molecule has 3 rings (SSSR count). The van der Waals surface area contributed by atoms with E-state index in [4.69, 9.17) is 9.47 Å². The number of hydrogen-bond acceptors (Lipinski definition) is 5. The van der Waals surface area contributed by atoms with Crippen LogP contribution in [0.4, 0.5) is 17.4 Å². The summed E-state index contributed by atoms with van der Waals surface area (Å²) in [5.41, 5.74) is -1.46. The third kappa shape index (κ3) is 5.58. The summed E-state index contributed by atoms with van der Waals surface area (Å²) in [5, 5.41) is 6.81. The van der Waals surface area contributed by atoms with Crippen LogP contribution in [0, 0.1) is 0 Å². The minimum atomic E-state index is -6.09. The molecule has 0 radical (unpaired) electrons. The SMILES string of the molecule is Cn1nc(C(C)(C)NC(=O)[C@@H]2CN(C(=O)OC(C)(C)C)CCO2)c2cccc([PH](F)(F)F)c21. The number of para-hydroxylation sites is 1. The van der Waals surface area contributed by atoms with Gasteiger partial charge in [0.2, 0.25) is 0 Å². The van der Waals surface area contributed by atoms with Gasteiger partial charge in [-0.1, -0.05) is 0 Å². The van der Waals surface area contributed by atoms with Crippen LogP contribution in [0.2, 0.25) is 0 Å². The Hall–Kier alpha value is -2.39. The molecule has 2 heterocycles. The van der Waals surface area contributed by atoms with Crippen LogP contribution >= 0.6 is 8.19 Å². The molecule has 33 heavy (non-hydrogen) atoms. The van der Waals surface area contributed by atoms with E-state index in [1.54, 1.807) is 40.7 Å². The predicted octanol–water partition coefficient (Wildman–Crippen LogP) is 3.59. The Morgan fingerprint density at radius 1 is 1.21 bits per heavy atom. The summed E-state index contributed by atoms with van der Waals surface area (Å²) in [6, 6.07) is 3.98. The molecule has 1 aromatic heterocycles. The van der Waals surface area contributed by atoms with Crippen molar-refractivity contribution in [3.05, 3.63) is 23.9 Å². The molecule has 1 aliphatic rings. The third-order valence-electron chi connectivity index (χ3n) is 5.21. The number of carbonyl (C=O) groups excluding carboxylic acids is 2. The van der Waals surface area contributed by atoms with Crippen LogP contribution in [0.5, 0.6) is 0 Å². The first-order valence-corrected chi connectivity index (χ1v) is 12.2. The molecule has 1 saturated heterocycles. The number of amides is 2. The number of hydrogen-bond donors (Lipinski definition) is 1. The summed E-state index contributed by atoms with van der Waals surface area (Å²) < 4.78 is 53.0. The van der Waals surface area contributed by atoms with Crippen LogP contribution in [-0.4, -0.2) is 58.1 Å². The molecule has 0 aliphatic carbocycles. The number of rotatable bonds is 4. The Balaban J connectivity index is 1.81. The van der Waals surface area contributed by atoms with Gasteiger partial charge in [0, 0.05) is 0 Å². The van der Waals surface area contributed by atoms with Crippen molar-refractivity contribution in [2.45, 2.75) is 51.9 Å². The number of benzene rings is 1. The van der Waals surface area contributed by atoms with Gasteiger partial charge in [-0.25, -0.2) is 0 Å². The second-order valence-electron chi connectivity index (χ2n) is 9.57. The topological polar surface area (TPSA) is 85.7 Å². The van der Waals surface area contributed by atoms with Crippen LogP contribution in [0.15, 0.2) is 18.2 Å². The second kappa shape index (κ2) is 8.76. The van der Waals surface area contributed by atoms with Crippen LogP contribution in [0.3, 0.4) is 0 Å². The number of halogens is 3. The van der Waals surface area contributed by atoms with E-state index in [1.165, 1.54) is 22.7 Å². The van der Waals surface area contributed by atoms with Crippen molar-refractivity contribution in [1.29, 1.82) is 0 Å². The molecule has 1 atom stereocenters. The second-order valence-corrected chi connectivity index (χ2v) is 11.1. The molecule has 12 heteroatoms. The van der Waals surface area contributed by atoms with Crippen molar-refractivity contribution >= 4 is 36.4 Å². The first-order chi connectivity index (χ1) is 15.1. The van der Waals surface area contributed by atoms with E-state index in [0.29, 0.717) is 11.1 Å². The van der Waals surface area contributed by atoms with E-state index in [-0.39, 0.29) is 25.2 Å². The van der Waals surface area contributed by atoms with E-state index >= 15 is 0 Å². The number of aromatic nitrogens is 2. The van der Waals surface area contributed by atoms with Crippen molar-refractivity contribution in [2.75, 3.05) is 19.7 Å². The molecule has 0 spiro atoms. The maximum atomic E-state index is 13.6. The van der Waals surface area contributed by atoms with Crippen LogP contribution < -0.4 is 10.6 Å². The zero-order chi connectivity index (χ0) is 24.8. The van der Waals surface area contributed by atoms with Crippen molar-refractivity contribution in [3.8, 4) is 0 Å². The molecule has 2 aromatic rings. The fraction of sp³-hybridized carbons (Fsp3) is 0.571. The molecule has 8 nitrogen and oxygen atoms in total. The van der Waals surface area contributed by atoms with Crippen molar-refractivity contribution in [1.82, 2.24) is 20.0 Å². The maximum absolute atomic E-state index is 13.6. The zero-order valence-electron chi connectivity index (χ0n) is 19.5. The van der Waals surface area contributed by atoms with E-state index in [0.717, 1.165) is 6.07 Å². The van der Waals surface area contributed by atoms with Crippen LogP contribution in [-0.2, 0) is 26.9 Å². The molecule has 1 N–H and O–H groups in total. The fourth-order valence-corrected chi connectivity index (χ4v) is 4.63. The van der Waals surface area contributed by atoms with Crippen molar-refractivity contribution in [2.24, 2.45) is 7.05 Å². The van der Waals surface area contributed by atoms with E-state index in [1.807, 2.05) is 0 Å². The normalized spacial score (nSPS) is 18.3. The van der Waals surface area contributed by atoms with Gasteiger partial charge in [-0.2, -0.15) is 0 Å². The van der Waals surface area contributed by atoms with Gasteiger partial charge in [-0.05, 0) is 20.8 Å². The van der Waals surface area contributed by atoms with E-state index in [9.17, 15) is 22.2 Å². The van der Waals surface area contributed by atoms with Gasteiger partial charge in [-0.15, -0.1) is 0 Å². The average molecular weight is 490 g/mol. The third-order valence-corrected chi connectivity index (χ3v) is 6.22. The number of nitrogens with one attached hydrogen (secondary N) is 1. The van der Waals surface area contributed by atoms with Crippen molar-refractivity contribution < 1.29 is 31.7 Å². The molecule has 1 fully saturated rings. The summed E-state index contributed by atoms with van der Waals surface area (Å²) in [6.07, 6.45) is -1.49. The van der Waals surface area contributed by atoms with Gasteiger partial charge in [0.05, 0.1) is 0 Å². The molecular formula is C21H30F3N4O4P. The summed E-state index contributed by atoms with van der Waals surface area (Å²) in [7, 11) is -4.63. The molecule has 0 bridgehead atoms. The van der Waals surface area contributed by atoms with Gasteiger partial charge in [0.1, 0.15) is 5.60 Å². The number of nitrogens with zero attached hydrogens (tertiary/aromatic N) is 3. The summed E-state index contributed by atoms with van der Waals surface area (Å²) in [6.45, 7) is 9.04. The Kier molecular flexibility index (Phi) is 6.70. The number of aryl methyl sites for hydroxylation is 1. The van der Waals surface area contributed by atoms with Crippen LogP contribution in [0.1, 0.15) is 40.3 Å². The van der Waals surface area contributed by atoms with Gasteiger partial charge < -0.3 is 0 Å². The molecule has 2 amide bonds. The van der Waals surface area contributed by atoms with Gasteiger partial charge in [0.15, 0.2) is 0 Å². The molecule has 0 unspecified atom stereocenters. The Bertz CT molecular complexity index is 1060. The minimum absolute atomic E-state index is 0.000919. The molecular weight excluding hydrogens is 460 g/mol. The van der Waals surface area contributed by atoms with Gasteiger partial charge >= 0.3 is 164 Å². The molecule has 0 saturated carbocycles. The number of ether oxygens (including phenoxy) is 2. The summed E-state index contributed by atoms with van der Waals surface area (Å²) in [4.78, 5) is 26.8. The summed E-state index contributed by atoms with van der Waals surface area (Å²) >= 11 is 0. The van der Waals surface area contributed by atoms with E-state index < -0.39 is 42.7 Å². The number of carbonyl (C=O) groups is 2. The molecule has 1 aromatic carbocycles. The average Bonchev–Trinajstić information content (AvgIpc) is 3.03. The summed E-state index contributed by atoms with van der Waals surface area (Å²) in [5.74, 6) is -0.492. The first kappa shape index (κ1) is 25.2. The zero-order valence-corrected chi connectivity index (χ0v) is 20.5. The quantitative estimate of drug-likeness (QED) is 0.663. The van der Waals surface area contributed by atoms with Crippen LogP contribution in [0.25, 0.3) is 10.9 Å². The van der Waals surface area contributed by atoms with Gasteiger partial charge in [0.25, 0.3) is 0 Å². The molecule has 1 aliphatic heterocycles. The Labute approximate surface area is 191 Å². The van der Waals surface area contributed by atoms with Gasteiger partial charge in [-0.3, -0.25) is 0 Å². The van der Waals surface area contributed by atoms with Crippen molar-refractivity contribution in [3.63, 3.8) is 0 Å². The monoisotopic (exact) mass is 490 g/mol. The Morgan fingerprint density at radius 2 is 1.88 bits per heavy atom. The molecule has 184 valence electrons. The number of fused-ring (bicyclic) bond motifs is 1. The Morgan fingerprint density at radius 3 is 2.48 bits per heavy atom.